The van der Waals surface area contributed by atoms with Crippen molar-refractivity contribution in [1.29, 1.82) is 0 Å². The van der Waals surface area contributed by atoms with Crippen LogP contribution in [0.2, 0.25) is 0 Å². The van der Waals surface area contributed by atoms with Crippen LogP contribution in [0.5, 0.6) is 0 Å². The number of hydrogen-bond donors (Lipinski definition) is 0. The highest BCUT2D eigenvalue weighted by Crippen LogP contribution is 2.13. The van der Waals surface area contributed by atoms with Crippen LogP contribution in [-0.4, -0.2) is 33.9 Å². The molecule has 1 aromatic rings. The fraction of sp³-hybridized carbons (Fsp3) is 0.364. The summed E-state index contributed by atoms with van der Waals surface area (Å²) in [7, 11) is 2.00. The van der Waals surface area contributed by atoms with E-state index in [0.29, 0.717) is 5.82 Å². The Bertz CT molecular complexity index is 489. The number of amidine groups is 1. The Hall–Kier alpha value is -1.91. The smallest absolute Gasteiger partial charge is 0.353 e. The minimum Gasteiger partial charge on any atom is -0.363 e. The average Bonchev–Trinajstić information content (AvgIpc) is 2.65. The van der Waals surface area contributed by atoms with Crippen LogP contribution in [0.15, 0.2) is 28.6 Å². The van der Waals surface area contributed by atoms with Gasteiger partial charge in [-0.2, -0.15) is 4.98 Å². The lowest BCUT2D eigenvalue weighted by molar-refractivity contribution is 0.549. The molecule has 0 unspecified atom stereocenters. The molecule has 1 aliphatic rings. The maximum absolute atomic E-state index is 11.4. The molecule has 0 N–H and O–H groups in total. The van der Waals surface area contributed by atoms with Crippen molar-refractivity contribution in [2.24, 2.45) is 4.99 Å². The number of nitrogens with zero attached hydrogens (tertiary/aromatic N) is 4. The molecule has 0 saturated carbocycles. The van der Waals surface area contributed by atoms with Crippen molar-refractivity contribution in [2.75, 3.05) is 13.6 Å². The monoisotopic (exact) mass is 218 g/mol. The Morgan fingerprint density at radius 3 is 3.00 bits per heavy atom. The normalized spacial score (nSPS) is 18.1. The van der Waals surface area contributed by atoms with Crippen LogP contribution in [0.4, 0.5) is 5.82 Å². The standard InChI is InChI=1S/C11H14N4O/c1-3-15-8-6-9(13-11(15)16)12-10-5-4-7-14(10)2/h3,6,8H,1,4-5,7H2,2H3. The molecule has 0 aliphatic carbocycles. The number of aromatic nitrogens is 2. The zero-order valence-corrected chi connectivity index (χ0v) is 9.26. The van der Waals surface area contributed by atoms with Gasteiger partial charge in [-0.3, -0.25) is 4.57 Å². The van der Waals surface area contributed by atoms with Crippen molar-refractivity contribution in [3.05, 3.63) is 29.3 Å². The highest BCUT2D eigenvalue weighted by atomic mass is 16.1. The van der Waals surface area contributed by atoms with Crippen LogP contribution in [0.1, 0.15) is 12.8 Å². The fourth-order valence-corrected chi connectivity index (χ4v) is 1.67. The third-order valence-corrected chi connectivity index (χ3v) is 2.59. The van der Waals surface area contributed by atoms with Crippen molar-refractivity contribution in [3.8, 4) is 0 Å². The van der Waals surface area contributed by atoms with Crippen LogP contribution in [0.3, 0.4) is 0 Å². The summed E-state index contributed by atoms with van der Waals surface area (Å²) in [5.41, 5.74) is -0.350. The van der Waals surface area contributed by atoms with Gasteiger partial charge < -0.3 is 4.90 Å². The zero-order chi connectivity index (χ0) is 11.5. The van der Waals surface area contributed by atoms with E-state index < -0.39 is 0 Å². The first kappa shape index (κ1) is 10.6. The molecule has 0 bridgehead atoms. The van der Waals surface area contributed by atoms with Crippen LogP contribution in [0.25, 0.3) is 6.20 Å². The van der Waals surface area contributed by atoms with Crippen molar-refractivity contribution in [2.45, 2.75) is 12.8 Å². The molecule has 2 rings (SSSR count). The first-order chi connectivity index (χ1) is 7.70. The summed E-state index contributed by atoms with van der Waals surface area (Å²) in [6, 6.07) is 1.71. The topological polar surface area (TPSA) is 50.5 Å². The second-order valence-electron chi connectivity index (χ2n) is 3.71. The second kappa shape index (κ2) is 4.30. The summed E-state index contributed by atoms with van der Waals surface area (Å²) in [5, 5.41) is 0. The van der Waals surface area contributed by atoms with Crippen LogP contribution >= 0.6 is 0 Å². The lowest BCUT2D eigenvalue weighted by Gasteiger charge is -2.10. The lowest BCUT2D eigenvalue weighted by Crippen LogP contribution is -2.20. The van der Waals surface area contributed by atoms with Gasteiger partial charge in [0.1, 0.15) is 5.84 Å². The van der Waals surface area contributed by atoms with Crippen molar-refractivity contribution in [1.82, 2.24) is 14.5 Å². The Balaban J connectivity index is 2.32. The number of likely N-dealkylation sites (tertiary alicyclic amines) is 1. The average molecular weight is 218 g/mol. The Morgan fingerprint density at radius 1 is 1.62 bits per heavy atom. The third kappa shape index (κ3) is 2.03. The minimum atomic E-state index is -0.350. The fourth-order valence-electron chi connectivity index (χ4n) is 1.67. The van der Waals surface area contributed by atoms with E-state index in [2.05, 4.69) is 21.5 Å². The summed E-state index contributed by atoms with van der Waals surface area (Å²) < 4.78 is 1.32. The van der Waals surface area contributed by atoms with Gasteiger partial charge in [0.2, 0.25) is 0 Å². The summed E-state index contributed by atoms with van der Waals surface area (Å²) in [6.07, 6.45) is 5.10. The van der Waals surface area contributed by atoms with Gasteiger partial charge in [0.15, 0.2) is 5.82 Å². The minimum absolute atomic E-state index is 0.350. The van der Waals surface area contributed by atoms with Gasteiger partial charge >= 0.3 is 5.69 Å². The lowest BCUT2D eigenvalue weighted by atomic mass is 10.4. The Labute approximate surface area is 93.8 Å². The van der Waals surface area contributed by atoms with E-state index in [1.165, 1.54) is 10.8 Å². The van der Waals surface area contributed by atoms with E-state index in [4.69, 9.17) is 0 Å². The van der Waals surface area contributed by atoms with Gasteiger partial charge in [0.25, 0.3) is 0 Å². The molecule has 1 aromatic heterocycles. The van der Waals surface area contributed by atoms with Crippen LogP contribution in [0, 0.1) is 0 Å². The molecule has 1 saturated heterocycles. The Morgan fingerprint density at radius 2 is 2.44 bits per heavy atom. The molecule has 2 heterocycles. The van der Waals surface area contributed by atoms with Gasteiger partial charge in [-0.05, 0) is 12.5 Å². The van der Waals surface area contributed by atoms with E-state index >= 15 is 0 Å². The molecule has 84 valence electrons. The summed E-state index contributed by atoms with van der Waals surface area (Å²) >= 11 is 0. The molecule has 1 aliphatic heterocycles. The first-order valence-electron chi connectivity index (χ1n) is 5.21. The molecule has 0 atom stereocenters. The first-order valence-corrected chi connectivity index (χ1v) is 5.21. The van der Waals surface area contributed by atoms with Gasteiger partial charge in [-0.1, -0.05) is 6.58 Å². The summed E-state index contributed by atoms with van der Waals surface area (Å²) in [4.78, 5) is 21.7. The molecule has 0 amide bonds. The highest BCUT2D eigenvalue weighted by molar-refractivity contribution is 5.85. The maximum atomic E-state index is 11.4. The largest absolute Gasteiger partial charge is 0.363 e. The van der Waals surface area contributed by atoms with Gasteiger partial charge in [-0.15, -0.1) is 0 Å². The van der Waals surface area contributed by atoms with E-state index in [1.54, 1.807) is 12.3 Å². The van der Waals surface area contributed by atoms with E-state index in [0.717, 1.165) is 25.2 Å². The summed E-state index contributed by atoms with van der Waals surface area (Å²) in [6.45, 7) is 4.53. The third-order valence-electron chi connectivity index (χ3n) is 2.59. The van der Waals surface area contributed by atoms with Crippen molar-refractivity contribution < 1.29 is 0 Å². The van der Waals surface area contributed by atoms with Crippen LogP contribution < -0.4 is 5.69 Å². The molecule has 5 heteroatoms. The molecule has 16 heavy (non-hydrogen) atoms. The molecule has 5 nitrogen and oxygen atoms in total. The summed E-state index contributed by atoms with van der Waals surface area (Å²) in [5.74, 6) is 1.45. The molecular weight excluding hydrogens is 204 g/mol. The maximum Gasteiger partial charge on any atom is 0.353 e. The number of hydrogen-bond acceptors (Lipinski definition) is 3. The number of aliphatic imine (C=N–C) groups is 1. The molecule has 0 spiro atoms. The van der Waals surface area contributed by atoms with Crippen LogP contribution in [-0.2, 0) is 0 Å². The molecule has 0 radical (unpaired) electrons. The van der Waals surface area contributed by atoms with Gasteiger partial charge in [-0.25, -0.2) is 9.79 Å². The number of rotatable bonds is 2. The van der Waals surface area contributed by atoms with E-state index in [9.17, 15) is 4.79 Å². The van der Waals surface area contributed by atoms with Crippen molar-refractivity contribution in [3.63, 3.8) is 0 Å². The predicted molar refractivity (Wildman–Crippen MR) is 63.8 cm³/mol. The molecule has 1 fully saturated rings. The predicted octanol–water partition coefficient (Wildman–Crippen LogP) is 1.10. The Kier molecular flexibility index (Phi) is 2.85. The van der Waals surface area contributed by atoms with Gasteiger partial charge in [0, 0.05) is 32.4 Å². The SMILES string of the molecule is C=Cn1ccc(N=C2CCCN2C)nc1=O. The highest BCUT2D eigenvalue weighted by Gasteiger charge is 2.14. The second-order valence-corrected chi connectivity index (χ2v) is 3.71. The van der Waals surface area contributed by atoms with E-state index in [-0.39, 0.29) is 5.69 Å². The molecular formula is C11H14N4O. The molecule has 0 aromatic carbocycles. The quantitative estimate of drug-likeness (QED) is 0.747. The van der Waals surface area contributed by atoms with E-state index in [1.807, 2.05) is 7.05 Å². The zero-order valence-electron chi connectivity index (χ0n) is 9.26. The van der Waals surface area contributed by atoms with Gasteiger partial charge in [0.05, 0.1) is 0 Å². The van der Waals surface area contributed by atoms with Crippen molar-refractivity contribution >= 4 is 17.9 Å².